The number of carbonyl (C=O) groups excluding carboxylic acids is 1. The van der Waals surface area contributed by atoms with Crippen LogP contribution in [0.1, 0.15) is 101 Å². The van der Waals surface area contributed by atoms with Gasteiger partial charge in [0.25, 0.3) is 11.0 Å². The van der Waals surface area contributed by atoms with Crippen LogP contribution < -0.4 is 10.2 Å². The Labute approximate surface area is 217 Å². The summed E-state index contributed by atoms with van der Waals surface area (Å²) in [5, 5.41) is 12.4. The standard InChI is InChI=1S/C27H47N5O4/c1-2-30-19-21-31(22-20-30)26-17-16-25(24-29-26)27(33)28-18-14-12-10-8-6-4-3-5-7-9-11-13-15-23-36-32(34)35/h16-17,24H,2-15,18-23H2,1H3,(H,28,33). The molecule has 0 atom stereocenters. The van der Waals surface area contributed by atoms with E-state index < -0.39 is 5.09 Å². The average Bonchev–Trinajstić information content (AvgIpc) is 2.90. The maximum Gasteiger partial charge on any atom is 0.294 e. The average molecular weight is 506 g/mol. The fourth-order valence-electron chi connectivity index (χ4n) is 4.62. The molecule has 0 unspecified atom stereocenters. The number of nitrogens with zero attached hydrogens (tertiary/aromatic N) is 4. The number of hydrogen-bond donors (Lipinski definition) is 1. The van der Waals surface area contributed by atoms with Crippen LogP contribution in [0.4, 0.5) is 5.82 Å². The van der Waals surface area contributed by atoms with Gasteiger partial charge in [-0.15, -0.1) is 10.1 Å². The molecule has 0 saturated carbocycles. The van der Waals surface area contributed by atoms with E-state index in [1.165, 1.54) is 51.4 Å². The van der Waals surface area contributed by atoms with Crippen molar-refractivity contribution in [3.05, 3.63) is 34.0 Å². The van der Waals surface area contributed by atoms with Crippen LogP contribution in [0.2, 0.25) is 0 Å². The summed E-state index contributed by atoms with van der Waals surface area (Å²) in [6.07, 6.45) is 16.9. The molecule has 1 N–H and O–H groups in total. The minimum Gasteiger partial charge on any atom is -0.354 e. The van der Waals surface area contributed by atoms with Crippen molar-refractivity contribution in [2.75, 3.05) is 50.8 Å². The molecule has 2 rings (SSSR count). The fourth-order valence-corrected chi connectivity index (χ4v) is 4.62. The SMILES string of the molecule is CCN1CCN(c2ccc(C(=O)NCCCCCCCCCCCCCCCO[N+](=O)[O-])cn2)CC1. The number of nitrogens with one attached hydrogen (secondary N) is 1. The van der Waals surface area contributed by atoms with Crippen molar-refractivity contribution in [1.82, 2.24) is 15.2 Å². The molecule has 9 nitrogen and oxygen atoms in total. The zero-order chi connectivity index (χ0) is 25.8. The van der Waals surface area contributed by atoms with Gasteiger partial charge in [-0.25, -0.2) is 4.98 Å². The lowest BCUT2D eigenvalue weighted by Gasteiger charge is -2.34. The van der Waals surface area contributed by atoms with Crippen molar-refractivity contribution in [3.63, 3.8) is 0 Å². The summed E-state index contributed by atoms with van der Waals surface area (Å²) >= 11 is 0. The van der Waals surface area contributed by atoms with E-state index in [1.54, 1.807) is 6.20 Å². The molecule has 0 aliphatic carbocycles. The molecule has 36 heavy (non-hydrogen) atoms. The van der Waals surface area contributed by atoms with Crippen LogP contribution in [0.15, 0.2) is 18.3 Å². The van der Waals surface area contributed by atoms with Gasteiger partial charge < -0.3 is 20.0 Å². The van der Waals surface area contributed by atoms with Crippen molar-refractivity contribution in [1.29, 1.82) is 0 Å². The van der Waals surface area contributed by atoms with E-state index in [2.05, 4.69) is 31.9 Å². The third kappa shape index (κ3) is 13.0. The van der Waals surface area contributed by atoms with Gasteiger partial charge in [0.1, 0.15) is 5.82 Å². The van der Waals surface area contributed by atoms with Crippen molar-refractivity contribution in [3.8, 4) is 0 Å². The van der Waals surface area contributed by atoms with Crippen molar-refractivity contribution in [2.24, 2.45) is 0 Å². The lowest BCUT2D eigenvalue weighted by Crippen LogP contribution is -2.46. The Morgan fingerprint density at radius 3 is 1.97 bits per heavy atom. The Hall–Kier alpha value is -2.42. The molecule has 1 aromatic heterocycles. The summed E-state index contributed by atoms with van der Waals surface area (Å²) < 4.78 is 0. The Morgan fingerprint density at radius 1 is 0.917 bits per heavy atom. The highest BCUT2D eigenvalue weighted by Crippen LogP contribution is 2.15. The van der Waals surface area contributed by atoms with Gasteiger partial charge >= 0.3 is 0 Å². The van der Waals surface area contributed by atoms with E-state index in [0.717, 1.165) is 77.2 Å². The van der Waals surface area contributed by atoms with E-state index in [-0.39, 0.29) is 12.5 Å². The van der Waals surface area contributed by atoms with Gasteiger partial charge in [0.15, 0.2) is 0 Å². The number of pyridine rings is 1. The monoisotopic (exact) mass is 505 g/mol. The normalized spacial score (nSPS) is 14.1. The van der Waals surface area contributed by atoms with Crippen LogP contribution in [0.25, 0.3) is 0 Å². The first-order valence-corrected chi connectivity index (χ1v) is 14.1. The van der Waals surface area contributed by atoms with Gasteiger partial charge in [-0.3, -0.25) is 4.79 Å². The summed E-state index contributed by atoms with van der Waals surface area (Å²) in [7, 11) is 0. The smallest absolute Gasteiger partial charge is 0.294 e. The third-order valence-corrected chi connectivity index (χ3v) is 6.96. The summed E-state index contributed by atoms with van der Waals surface area (Å²) in [6, 6.07) is 3.85. The van der Waals surface area contributed by atoms with Crippen molar-refractivity contribution >= 4 is 11.7 Å². The molecule has 1 aromatic rings. The molecule has 0 radical (unpaired) electrons. The number of carbonyl (C=O) groups is 1. The number of piperazine rings is 1. The Morgan fingerprint density at radius 2 is 1.47 bits per heavy atom. The summed E-state index contributed by atoms with van der Waals surface area (Å²) in [6.45, 7) is 8.34. The third-order valence-electron chi connectivity index (χ3n) is 6.96. The van der Waals surface area contributed by atoms with Crippen LogP contribution in [-0.4, -0.2) is 66.8 Å². The van der Waals surface area contributed by atoms with E-state index in [4.69, 9.17) is 0 Å². The van der Waals surface area contributed by atoms with Gasteiger partial charge in [-0.1, -0.05) is 77.6 Å². The molecule has 1 aliphatic heterocycles. The topological polar surface area (TPSA) is 101 Å². The summed E-state index contributed by atoms with van der Waals surface area (Å²) in [4.78, 5) is 36.0. The van der Waals surface area contributed by atoms with Gasteiger partial charge in [0.05, 0.1) is 12.2 Å². The molecule has 204 valence electrons. The number of hydrogen-bond acceptors (Lipinski definition) is 7. The molecule has 1 saturated heterocycles. The van der Waals surface area contributed by atoms with E-state index in [1.807, 2.05) is 12.1 Å². The molecule has 0 aromatic carbocycles. The van der Waals surface area contributed by atoms with Gasteiger partial charge in [0, 0.05) is 38.9 Å². The molecular formula is C27H47N5O4. The largest absolute Gasteiger partial charge is 0.354 e. The number of rotatable bonds is 20. The molecule has 2 heterocycles. The molecular weight excluding hydrogens is 458 g/mol. The molecule has 1 amide bonds. The number of amides is 1. The highest BCUT2D eigenvalue weighted by Gasteiger charge is 2.17. The second kappa shape index (κ2) is 18.8. The minimum atomic E-state index is -0.716. The predicted octanol–water partition coefficient (Wildman–Crippen LogP) is 5.23. The number of aromatic nitrogens is 1. The van der Waals surface area contributed by atoms with Crippen molar-refractivity contribution in [2.45, 2.75) is 90.4 Å². The van der Waals surface area contributed by atoms with Crippen LogP contribution in [0, 0.1) is 10.1 Å². The molecule has 9 heteroatoms. The van der Waals surface area contributed by atoms with E-state index >= 15 is 0 Å². The van der Waals surface area contributed by atoms with Crippen LogP contribution >= 0.6 is 0 Å². The summed E-state index contributed by atoms with van der Waals surface area (Å²) in [5.74, 6) is 0.926. The maximum absolute atomic E-state index is 12.4. The highest BCUT2D eigenvalue weighted by molar-refractivity contribution is 5.94. The number of likely N-dealkylation sites (N-methyl/N-ethyl adjacent to an activating group) is 1. The summed E-state index contributed by atoms with van der Waals surface area (Å²) in [5.41, 5.74) is 0.634. The lowest BCUT2D eigenvalue weighted by atomic mass is 10.0. The Bertz CT molecular complexity index is 723. The molecule has 1 aliphatic rings. The first-order chi connectivity index (χ1) is 17.6. The van der Waals surface area contributed by atoms with Gasteiger partial charge in [-0.05, 0) is 31.5 Å². The fraction of sp³-hybridized carbons (Fsp3) is 0.778. The maximum atomic E-state index is 12.4. The second-order valence-electron chi connectivity index (χ2n) is 9.74. The lowest BCUT2D eigenvalue weighted by molar-refractivity contribution is -0.757. The Kier molecular flexibility index (Phi) is 15.6. The first kappa shape index (κ1) is 29.8. The number of anilines is 1. The highest BCUT2D eigenvalue weighted by atomic mass is 16.9. The van der Waals surface area contributed by atoms with Crippen LogP contribution in [-0.2, 0) is 4.84 Å². The number of unbranched alkanes of at least 4 members (excludes halogenated alkanes) is 12. The van der Waals surface area contributed by atoms with Gasteiger partial charge in [0.2, 0.25) is 0 Å². The predicted molar refractivity (Wildman–Crippen MR) is 144 cm³/mol. The van der Waals surface area contributed by atoms with Crippen LogP contribution in [0.5, 0.6) is 0 Å². The zero-order valence-electron chi connectivity index (χ0n) is 22.3. The zero-order valence-corrected chi connectivity index (χ0v) is 22.3. The van der Waals surface area contributed by atoms with E-state index in [9.17, 15) is 14.9 Å². The minimum absolute atomic E-state index is 0.0326. The molecule has 0 bridgehead atoms. The first-order valence-electron chi connectivity index (χ1n) is 14.1. The quantitative estimate of drug-likeness (QED) is 0.147. The Balaban J connectivity index is 1.38. The van der Waals surface area contributed by atoms with Crippen molar-refractivity contribution < 1.29 is 14.7 Å². The molecule has 0 spiro atoms. The van der Waals surface area contributed by atoms with Gasteiger partial charge in [-0.2, -0.15) is 0 Å². The second-order valence-corrected chi connectivity index (χ2v) is 9.74. The van der Waals surface area contributed by atoms with Crippen LogP contribution in [0.3, 0.4) is 0 Å². The molecule has 1 fully saturated rings. The van der Waals surface area contributed by atoms with E-state index in [0.29, 0.717) is 5.56 Å².